The molecule has 1 fully saturated rings. The van der Waals surface area contributed by atoms with Gasteiger partial charge in [-0.15, -0.1) is 0 Å². The lowest BCUT2D eigenvalue weighted by Crippen LogP contribution is -2.53. The predicted octanol–water partition coefficient (Wildman–Crippen LogP) is 1.51. The summed E-state index contributed by atoms with van der Waals surface area (Å²) in [5.41, 5.74) is -1.39. The summed E-state index contributed by atoms with van der Waals surface area (Å²) in [5.74, 6) is -0.233. The van der Waals surface area contributed by atoms with Crippen molar-refractivity contribution in [1.29, 1.82) is 0 Å². The van der Waals surface area contributed by atoms with Gasteiger partial charge < -0.3 is 19.5 Å². The van der Waals surface area contributed by atoms with E-state index in [4.69, 9.17) is 14.2 Å². The van der Waals surface area contributed by atoms with Gasteiger partial charge in [0.2, 0.25) is 5.91 Å². The molecule has 2 atom stereocenters. The van der Waals surface area contributed by atoms with E-state index in [0.29, 0.717) is 0 Å². The van der Waals surface area contributed by atoms with Gasteiger partial charge in [-0.2, -0.15) is 0 Å². The lowest BCUT2D eigenvalue weighted by molar-refractivity contribution is -0.125. The normalized spacial score (nSPS) is 24.2. The van der Waals surface area contributed by atoms with Crippen molar-refractivity contribution in [2.75, 3.05) is 20.3 Å². The van der Waals surface area contributed by atoms with Crippen LogP contribution >= 0.6 is 0 Å². The summed E-state index contributed by atoms with van der Waals surface area (Å²) in [4.78, 5) is 25.6. The minimum Gasteiger partial charge on any atom is -0.444 e. The Bertz CT molecular complexity index is 417. The SMILES string of the molecule is COCC(=O)NCC1C(C)OC(C)(C)N1C(=O)OC(C)(C)C. The van der Waals surface area contributed by atoms with Gasteiger partial charge in [0.15, 0.2) is 0 Å². The van der Waals surface area contributed by atoms with Crippen molar-refractivity contribution < 1.29 is 23.8 Å². The number of methoxy groups -OCH3 is 1. The molecule has 1 saturated heterocycles. The highest BCUT2D eigenvalue weighted by molar-refractivity contribution is 5.77. The second kappa shape index (κ2) is 6.83. The number of hydrogen-bond donors (Lipinski definition) is 1. The number of hydrogen-bond acceptors (Lipinski definition) is 5. The Morgan fingerprint density at radius 3 is 2.41 bits per heavy atom. The van der Waals surface area contributed by atoms with Crippen LogP contribution in [0.1, 0.15) is 41.5 Å². The molecule has 1 N–H and O–H groups in total. The molecule has 2 amide bonds. The quantitative estimate of drug-likeness (QED) is 0.850. The van der Waals surface area contributed by atoms with Gasteiger partial charge >= 0.3 is 6.09 Å². The summed E-state index contributed by atoms with van der Waals surface area (Å²) in [5, 5.41) is 2.75. The molecule has 1 heterocycles. The van der Waals surface area contributed by atoms with E-state index in [1.807, 2.05) is 41.5 Å². The zero-order valence-electron chi connectivity index (χ0n) is 14.6. The van der Waals surface area contributed by atoms with E-state index in [2.05, 4.69) is 5.32 Å². The average molecular weight is 316 g/mol. The fourth-order valence-electron chi connectivity index (χ4n) is 2.52. The lowest BCUT2D eigenvalue weighted by atomic mass is 10.1. The molecule has 2 unspecified atom stereocenters. The molecule has 7 nitrogen and oxygen atoms in total. The van der Waals surface area contributed by atoms with E-state index >= 15 is 0 Å². The standard InChI is InChI=1S/C15H28N2O5/c1-10-11(8-16-12(18)9-20-7)17(15(5,6)21-10)13(19)22-14(2,3)4/h10-11H,8-9H2,1-7H3,(H,16,18). The van der Waals surface area contributed by atoms with Crippen LogP contribution in [-0.2, 0) is 19.0 Å². The van der Waals surface area contributed by atoms with Gasteiger partial charge in [-0.25, -0.2) is 4.79 Å². The number of ether oxygens (including phenoxy) is 3. The summed E-state index contributed by atoms with van der Waals surface area (Å²) < 4.78 is 16.1. The van der Waals surface area contributed by atoms with Gasteiger partial charge in [-0.1, -0.05) is 0 Å². The molecule has 0 radical (unpaired) electrons. The summed E-state index contributed by atoms with van der Waals surface area (Å²) in [6.45, 7) is 11.2. The maximum absolute atomic E-state index is 12.5. The summed E-state index contributed by atoms with van der Waals surface area (Å²) >= 11 is 0. The average Bonchev–Trinajstić information content (AvgIpc) is 2.53. The van der Waals surface area contributed by atoms with E-state index in [0.717, 1.165) is 0 Å². The monoisotopic (exact) mass is 316 g/mol. The van der Waals surface area contributed by atoms with E-state index in [-0.39, 0.29) is 31.2 Å². The van der Waals surface area contributed by atoms with Crippen LogP contribution in [0.3, 0.4) is 0 Å². The van der Waals surface area contributed by atoms with Gasteiger partial charge in [0, 0.05) is 13.7 Å². The largest absolute Gasteiger partial charge is 0.444 e. The van der Waals surface area contributed by atoms with Crippen LogP contribution in [0.2, 0.25) is 0 Å². The molecule has 7 heteroatoms. The molecule has 22 heavy (non-hydrogen) atoms. The second-order valence-corrected chi connectivity index (χ2v) is 6.92. The number of carbonyl (C=O) groups is 2. The molecule has 0 aliphatic carbocycles. The molecule has 128 valence electrons. The van der Waals surface area contributed by atoms with Crippen molar-refractivity contribution in [3.8, 4) is 0 Å². The van der Waals surface area contributed by atoms with Crippen LogP contribution < -0.4 is 5.32 Å². The van der Waals surface area contributed by atoms with Crippen LogP contribution in [0.5, 0.6) is 0 Å². The van der Waals surface area contributed by atoms with Crippen molar-refractivity contribution in [1.82, 2.24) is 10.2 Å². The number of nitrogens with one attached hydrogen (secondary N) is 1. The number of carbonyl (C=O) groups excluding carboxylic acids is 2. The van der Waals surface area contributed by atoms with Crippen LogP contribution in [0, 0.1) is 0 Å². The van der Waals surface area contributed by atoms with Crippen molar-refractivity contribution in [2.24, 2.45) is 0 Å². The first kappa shape index (κ1) is 18.7. The van der Waals surface area contributed by atoms with Gasteiger partial charge in [-0.3, -0.25) is 9.69 Å². The predicted molar refractivity (Wildman–Crippen MR) is 81.4 cm³/mol. The highest BCUT2D eigenvalue weighted by atomic mass is 16.6. The third-order valence-corrected chi connectivity index (χ3v) is 3.30. The first-order valence-electron chi connectivity index (χ1n) is 7.43. The molecule has 1 aliphatic rings. The van der Waals surface area contributed by atoms with Crippen LogP contribution in [-0.4, -0.2) is 60.6 Å². The maximum atomic E-state index is 12.5. The van der Waals surface area contributed by atoms with E-state index in [9.17, 15) is 9.59 Å². The third-order valence-electron chi connectivity index (χ3n) is 3.30. The minimum atomic E-state index is -0.793. The third kappa shape index (κ3) is 4.84. The number of nitrogens with zero attached hydrogens (tertiary/aromatic N) is 1. The molecule has 0 saturated carbocycles. The van der Waals surface area contributed by atoms with Crippen LogP contribution in [0.25, 0.3) is 0 Å². The Kier molecular flexibility index (Phi) is 5.81. The van der Waals surface area contributed by atoms with Crippen LogP contribution in [0.4, 0.5) is 4.79 Å². The van der Waals surface area contributed by atoms with E-state index in [1.54, 1.807) is 4.90 Å². The molecule has 0 spiro atoms. The Labute approximate surface area is 132 Å². The van der Waals surface area contributed by atoms with E-state index in [1.165, 1.54) is 7.11 Å². The highest BCUT2D eigenvalue weighted by Gasteiger charge is 2.49. The molecular weight excluding hydrogens is 288 g/mol. The first-order chi connectivity index (χ1) is 9.98. The maximum Gasteiger partial charge on any atom is 0.412 e. The highest BCUT2D eigenvalue weighted by Crippen LogP contribution is 2.33. The van der Waals surface area contributed by atoms with Gasteiger partial charge in [0.25, 0.3) is 0 Å². The zero-order valence-corrected chi connectivity index (χ0v) is 14.6. The molecular formula is C15H28N2O5. The van der Waals surface area contributed by atoms with Gasteiger partial charge in [0.1, 0.15) is 17.9 Å². The fourth-order valence-corrected chi connectivity index (χ4v) is 2.52. The molecule has 0 aromatic carbocycles. The van der Waals surface area contributed by atoms with E-state index < -0.39 is 17.4 Å². The lowest BCUT2D eigenvalue weighted by Gasteiger charge is -2.35. The molecule has 0 aromatic heterocycles. The molecule has 0 aromatic rings. The van der Waals surface area contributed by atoms with Crippen LogP contribution in [0.15, 0.2) is 0 Å². The summed E-state index contributed by atoms with van der Waals surface area (Å²) in [6, 6.07) is -0.300. The minimum absolute atomic E-state index is 0.0161. The molecule has 1 rings (SSSR count). The summed E-state index contributed by atoms with van der Waals surface area (Å²) in [7, 11) is 1.46. The fraction of sp³-hybridized carbons (Fsp3) is 0.867. The number of rotatable bonds is 4. The Hall–Kier alpha value is -1.34. The smallest absolute Gasteiger partial charge is 0.412 e. The van der Waals surface area contributed by atoms with Gasteiger partial charge in [-0.05, 0) is 41.5 Å². The topological polar surface area (TPSA) is 77.1 Å². The second-order valence-electron chi connectivity index (χ2n) is 6.92. The molecule has 1 aliphatic heterocycles. The van der Waals surface area contributed by atoms with Crippen molar-refractivity contribution in [2.45, 2.75) is 65.0 Å². The Balaban J connectivity index is 2.83. The van der Waals surface area contributed by atoms with Crippen molar-refractivity contribution in [3.05, 3.63) is 0 Å². The number of amides is 2. The van der Waals surface area contributed by atoms with Crippen molar-refractivity contribution in [3.63, 3.8) is 0 Å². The Morgan fingerprint density at radius 1 is 1.32 bits per heavy atom. The molecule has 0 bridgehead atoms. The van der Waals surface area contributed by atoms with Crippen molar-refractivity contribution >= 4 is 12.0 Å². The Morgan fingerprint density at radius 2 is 1.91 bits per heavy atom. The summed E-state index contributed by atoms with van der Waals surface area (Å²) in [6.07, 6.45) is -0.668. The zero-order chi connectivity index (χ0) is 17.1. The van der Waals surface area contributed by atoms with Gasteiger partial charge in [0.05, 0.1) is 12.1 Å². The first-order valence-corrected chi connectivity index (χ1v) is 7.43.